The van der Waals surface area contributed by atoms with E-state index in [2.05, 4.69) is 11.8 Å². The lowest BCUT2D eigenvalue weighted by atomic mass is 10.4. The average molecular weight is 97.1 g/mol. The molecule has 0 amide bonds. The van der Waals surface area contributed by atoms with Crippen LogP contribution in [0.4, 0.5) is 0 Å². The molecule has 0 saturated carbocycles. The fourth-order valence-electron chi connectivity index (χ4n) is 0.223. The molecule has 2 heteroatoms. The average Bonchev–Trinajstić information content (AvgIpc) is 1.68. The molecule has 0 radical (unpaired) electrons. The fraction of sp³-hybridized carbons (Fsp3) is 0.200. The second-order valence-electron chi connectivity index (χ2n) is 1.08. The van der Waals surface area contributed by atoms with Crippen LogP contribution in [0.25, 0.3) is 0 Å². The van der Waals surface area contributed by atoms with Gasteiger partial charge in [-0.2, -0.15) is 0 Å². The van der Waals surface area contributed by atoms with Gasteiger partial charge in [0.2, 0.25) is 0 Å². The van der Waals surface area contributed by atoms with E-state index in [4.69, 9.17) is 0 Å². The first-order valence-electron chi connectivity index (χ1n) is 1.96. The quantitative estimate of drug-likeness (QED) is 0.382. The SMILES string of the molecule is C=C(C=CC)N=O. The van der Waals surface area contributed by atoms with E-state index < -0.39 is 0 Å². The normalized spacial score (nSPS) is 9.29. The van der Waals surface area contributed by atoms with Crippen LogP contribution in [-0.4, -0.2) is 0 Å². The Bertz CT molecular complexity index is 105. The smallest absolute Gasteiger partial charge is 0.100 e. The number of nitroso groups, excluding NO2 is 1. The molecule has 0 aromatic rings. The molecule has 0 aliphatic carbocycles. The summed E-state index contributed by atoms with van der Waals surface area (Å²) >= 11 is 0. The molecule has 2 nitrogen and oxygen atoms in total. The highest BCUT2D eigenvalue weighted by Crippen LogP contribution is 1.90. The summed E-state index contributed by atoms with van der Waals surface area (Å²) in [7, 11) is 0. The van der Waals surface area contributed by atoms with Crippen LogP contribution >= 0.6 is 0 Å². The van der Waals surface area contributed by atoms with Crippen LogP contribution in [0.5, 0.6) is 0 Å². The lowest BCUT2D eigenvalue weighted by molar-refractivity contribution is 1.40. The van der Waals surface area contributed by atoms with Crippen molar-refractivity contribution in [3.63, 3.8) is 0 Å². The Kier molecular flexibility index (Phi) is 2.85. The lowest BCUT2D eigenvalue weighted by Crippen LogP contribution is -1.58. The molecule has 0 unspecified atom stereocenters. The van der Waals surface area contributed by atoms with Crippen LogP contribution in [0, 0.1) is 4.91 Å². The van der Waals surface area contributed by atoms with Crippen LogP contribution in [-0.2, 0) is 0 Å². The largest absolute Gasteiger partial charge is 0.145 e. The highest BCUT2D eigenvalue weighted by Gasteiger charge is 1.75. The second kappa shape index (κ2) is 3.28. The molecular weight excluding hydrogens is 90.1 g/mol. The van der Waals surface area contributed by atoms with Crippen LogP contribution in [0.3, 0.4) is 0 Å². The van der Waals surface area contributed by atoms with Gasteiger partial charge in [0.1, 0.15) is 5.70 Å². The van der Waals surface area contributed by atoms with Crippen LogP contribution in [0.2, 0.25) is 0 Å². The number of hydrogen-bond acceptors (Lipinski definition) is 2. The van der Waals surface area contributed by atoms with Crippen molar-refractivity contribution >= 4 is 0 Å². The number of nitrogens with zero attached hydrogens (tertiary/aromatic N) is 1. The summed E-state index contributed by atoms with van der Waals surface area (Å²) in [4.78, 5) is 9.49. The first-order valence-corrected chi connectivity index (χ1v) is 1.96. The number of rotatable bonds is 2. The minimum Gasteiger partial charge on any atom is -0.145 e. The summed E-state index contributed by atoms with van der Waals surface area (Å²) in [5.41, 5.74) is 0.266. The van der Waals surface area contributed by atoms with E-state index in [-0.39, 0.29) is 5.70 Å². The summed E-state index contributed by atoms with van der Waals surface area (Å²) < 4.78 is 0. The van der Waals surface area contributed by atoms with Crippen molar-refractivity contribution in [1.29, 1.82) is 0 Å². The Labute approximate surface area is 42.5 Å². The third kappa shape index (κ3) is 2.89. The van der Waals surface area contributed by atoms with E-state index in [0.717, 1.165) is 0 Å². The molecule has 0 aliphatic rings. The van der Waals surface area contributed by atoms with Gasteiger partial charge in [-0.1, -0.05) is 12.7 Å². The fourth-order valence-corrected chi connectivity index (χ4v) is 0.223. The Balaban J connectivity index is 3.58. The minimum atomic E-state index is 0.266. The molecule has 0 heterocycles. The third-order valence-electron chi connectivity index (χ3n) is 0.476. The van der Waals surface area contributed by atoms with Gasteiger partial charge in [-0.3, -0.25) is 0 Å². The topological polar surface area (TPSA) is 29.4 Å². The molecule has 0 atom stereocenters. The Morgan fingerprint density at radius 1 is 1.86 bits per heavy atom. The molecule has 0 aromatic carbocycles. The van der Waals surface area contributed by atoms with Gasteiger partial charge < -0.3 is 0 Å². The maximum atomic E-state index is 9.49. The van der Waals surface area contributed by atoms with Crippen molar-refractivity contribution in [2.45, 2.75) is 6.92 Å². The highest BCUT2D eigenvalue weighted by atomic mass is 16.3. The molecule has 0 N–H and O–H groups in total. The lowest BCUT2D eigenvalue weighted by Gasteiger charge is -1.73. The van der Waals surface area contributed by atoms with Crippen molar-refractivity contribution in [2.75, 3.05) is 0 Å². The Morgan fingerprint density at radius 2 is 2.43 bits per heavy atom. The van der Waals surface area contributed by atoms with Gasteiger partial charge in [0.25, 0.3) is 0 Å². The van der Waals surface area contributed by atoms with Crippen molar-refractivity contribution in [1.82, 2.24) is 0 Å². The molecule has 0 spiro atoms. The summed E-state index contributed by atoms with van der Waals surface area (Å²) in [6.45, 7) is 5.10. The molecule has 0 saturated heterocycles. The van der Waals surface area contributed by atoms with Crippen LogP contribution in [0.1, 0.15) is 6.92 Å². The van der Waals surface area contributed by atoms with E-state index in [1.807, 2.05) is 0 Å². The van der Waals surface area contributed by atoms with E-state index in [9.17, 15) is 4.91 Å². The zero-order valence-corrected chi connectivity index (χ0v) is 4.22. The van der Waals surface area contributed by atoms with E-state index >= 15 is 0 Å². The summed E-state index contributed by atoms with van der Waals surface area (Å²) in [5, 5.41) is 2.55. The molecule has 7 heavy (non-hydrogen) atoms. The predicted octanol–water partition coefficient (Wildman–Crippen LogP) is 1.84. The maximum absolute atomic E-state index is 9.49. The maximum Gasteiger partial charge on any atom is 0.100 e. The van der Waals surface area contributed by atoms with Crippen molar-refractivity contribution < 1.29 is 0 Å². The van der Waals surface area contributed by atoms with Gasteiger partial charge in [0, 0.05) is 0 Å². The van der Waals surface area contributed by atoms with E-state index in [1.54, 1.807) is 19.1 Å². The van der Waals surface area contributed by atoms with Gasteiger partial charge in [0.05, 0.1) is 0 Å². The molecule has 0 aliphatic heterocycles. The van der Waals surface area contributed by atoms with Gasteiger partial charge in [0.15, 0.2) is 0 Å². The minimum absolute atomic E-state index is 0.266. The standard InChI is InChI=1S/C5H7NO/c1-3-4-5(2)6-7/h3-4H,2H2,1H3. The summed E-state index contributed by atoms with van der Waals surface area (Å²) in [6, 6.07) is 0. The highest BCUT2D eigenvalue weighted by molar-refractivity contribution is 5.10. The van der Waals surface area contributed by atoms with Gasteiger partial charge >= 0.3 is 0 Å². The predicted molar refractivity (Wildman–Crippen MR) is 29.7 cm³/mol. The zero-order chi connectivity index (χ0) is 5.70. The van der Waals surface area contributed by atoms with Crippen molar-refractivity contribution in [2.24, 2.45) is 5.18 Å². The molecule has 0 aromatic heterocycles. The van der Waals surface area contributed by atoms with Gasteiger partial charge in [-0.25, -0.2) is 0 Å². The van der Waals surface area contributed by atoms with Gasteiger partial charge in [-0.05, 0) is 18.2 Å². The summed E-state index contributed by atoms with van der Waals surface area (Å²) in [6.07, 6.45) is 3.26. The number of hydrogen-bond donors (Lipinski definition) is 0. The Morgan fingerprint density at radius 3 is 2.57 bits per heavy atom. The first kappa shape index (κ1) is 6.08. The van der Waals surface area contributed by atoms with Gasteiger partial charge in [-0.15, -0.1) is 4.91 Å². The molecule has 38 valence electrons. The molecular formula is C5H7NO. The van der Waals surface area contributed by atoms with Crippen molar-refractivity contribution in [3.05, 3.63) is 29.3 Å². The monoisotopic (exact) mass is 97.1 g/mol. The first-order chi connectivity index (χ1) is 3.31. The molecule has 0 fully saturated rings. The second-order valence-corrected chi connectivity index (χ2v) is 1.08. The Hall–Kier alpha value is -0.920. The van der Waals surface area contributed by atoms with E-state index in [1.165, 1.54) is 0 Å². The van der Waals surface area contributed by atoms with Crippen LogP contribution < -0.4 is 0 Å². The third-order valence-corrected chi connectivity index (χ3v) is 0.476. The molecule has 0 rings (SSSR count). The zero-order valence-electron chi connectivity index (χ0n) is 4.22. The molecule has 0 bridgehead atoms. The number of allylic oxidation sites excluding steroid dienone is 2. The summed E-state index contributed by atoms with van der Waals surface area (Å²) in [5.74, 6) is 0. The van der Waals surface area contributed by atoms with Crippen molar-refractivity contribution in [3.8, 4) is 0 Å². The van der Waals surface area contributed by atoms with E-state index in [0.29, 0.717) is 0 Å². The van der Waals surface area contributed by atoms with Crippen LogP contribution in [0.15, 0.2) is 29.6 Å².